The van der Waals surface area contributed by atoms with Crippen LogP contribution in [0.5, 0.6) is 0 Å². The molecule has 3 aromatic carbocycles. The van der Waals surface area contributed by atoms with Crippen molar-refractivity contribution in [3.63, 3.8) is 0 Å². The van der Waals surface area contributed by atoms with Gasteiger partial charge >= 0.3 is 121 Å². The van der Waals surface area contributed by atoms with Gasteiger partial charge in [-0.3, -0.25) is 0 Å². The summed E-state index contributed by atoms with van der Waals surface area (Å²) in [5.74, 6) is 0. The second kappa shape index (κ2) is 8.95. The van der Waals surface area contributed by atoms with Crippen LogP contribution in [0.1, 0.15) is 0 Å². The predicted octanol–water partition coefficient (Wildman–Crippen LogP) is 4.52. The van der Waals surface area contributed by atoms with Crippen molar-refractivity contribution in [3.05, 3.63) is 91.0 Å². The third-order valence-electron chi connectivity index (χ3n) is 3.29. The first-order valence-corrected chi connectivity index (χ1v) is 16.6. The SMILES string of the molecule is P1=PP1.c1cc[c]([Sn]([c]2ccccc2)[c]2ccccc2)cc1. The number of hydrogen-bond acceptors (Lipinski definition) is 0. The van der Waals surface area contributed by atoms with Crippen LogP contribution in [0.2, 0.25) is 0 Å². The number of benzene rings is 3. The van der Waals surface area contributed by atoms with Crippen LogP contribution in [0.3, 0.4) is 0 Å². The first-order chi connectivity index (χ1) is 10.9. The van der Waals surface area contributed by atoms with Gasteiger partial charge in [-0.1, -0.05) is 0 Å². The molecule has 1 aliphatic heterocycles. The fraction of sp³-hybridized carbons (Fsp3) is 0. The van der Waals surface area contributed by atoms with Gasteiger partial charge in [-0.05, 0) is 23.1 Å². The van der Waals surface area contributed by atoms with Gasteiger partial charge in [-0.25, -0.2) is 0 Å². The van der Waals surface area contributed by atoms with E-state index in [-0.39, 0.29) is 0 Å². The molecule has 1 heterocycles. The van der Waals surface area contributed by atoms with E-state index in [1.54, 1.807) is 15.1 Å². The Morgan fingerprint density at radius 3 is 1.00 bits per heavy atom. The average Bonchev–Trinajstić information content (AvgIpc) is 3.47. The summed E-state index contributed by atoms with van der Waals surface area (Å²) in [5.41, 5.74) is 0. The summed E-state index contributed by atoms with van der Waals surface area (Å²) < 4.78 is 4.59. The van der Waals surface area contributed by atoms with Crippen LogP contribution in [0.4, 0.5) is 0 Å². The zero-order chi connectivity index (χ0) is 15.0. The minimum atomic E-state index is -1.98. The van der Waals surface area contributed by atoms with Crippen LogP contribution in [0.25, 0.3) is 0 Å². The van der Waals surface area contributed by atoms with Gasteiger partial charge in [-0.15, -0.1) is 0 Å². The van der Waals surface area contributed by atoms with Crippen LogP contribution < -0.4 is 10.7 Å². The van der Waals surface area contributed by atoms with E-state index < -0.39 is 19.8 Å². The summed E-state index contributed by atoms with van der Waals surface area (Å²) in [5, 5.41) is 0. The standard InChI is InChI=1S/3C6H5.HP3.Sn/c3*1-2-4-6-5-3-1;1-2-3-1;/h3*1-5H;1H;. The van der Waals surface area contributed by atoms with E-state index in [2.05, 4.69) is 91.0 Å². The van der Waals surface area contributed by atoms with Crippen molar-refractivity contribution in [1.82, 2.24) is 0 Å². The predicted molar refractivity (Wildman–Crippen MR) is 106 cm³/mol. The van der Waals surface area contributed by atoms with Crippen LogP contribution in [-0.4, -0.2) is 19.8 Å². The molecule has 0 bridgehead atoms. The molecule has 1 radical (unpaired) electrons. The Morgan fingerprint density at radius 1 is 0.500 bits per heavy atom. The van der Waals surface area contributed by atoms with Crippen molar-refractivity contribution in [2.75, 3.05) is 0 Å². The molecule has 0 saturated carbocycles. The molecule has 0 fully saturated rings. The van der Waals surface area contributed by atoms with Gasteiger partial charge in [0.15, 0.2) is 0 Å². The summed E-state index contributed by atoms with van der Waals surface area (Å²) in [7, 11) is 4.61. The van der Waals surface area contributed by atoms with E-state index in [0.717, 1.165) is 0 Å². The first-order valence-electron chi connectivity index (χ1n) is 7.13. The Morgan fingerprint density at radius 2 is 0.773 bits per heavy atom. The molecular weight excluding hydrogens is 428 g/mol. The minimum absolute atomic E-state index is 1.28. The molecule has 0 aliphatic carbocycles. The molecule has 0 aromatic heterocycles. The molecule has 0 saturated heterocycles. The molecule has 0 nitrogen and oxygen atoms in total. The molecule has 4 heteroatoms. The van der Waals surface area contributed by atoms with Gasteiger partial charge in [0, 0.05) is 0 Å². The van der Waals surface area contributed by atoms with E-state index in [9.17, 15) is 0 Å². The topological polar surface area (TPSA) is 0 Å². The summed E-state index contributed by atoms with van der Waals surface area (Å²) in [6, 6.07) is 32.9. The molecule has 0 amide bonds. The Labute approximate surface area is 144 Å². The van der Waals surface area contributed by atoms with Crippen LogP contribution >= 0.6 is 23.1 Å². The fourth-order valence-electron chi connectivity index (χ4n) is 2.31. The van der Waals surface area contributed by atoms with Gasteiger partial charge in [0.05, 0.1) is 0 Å². The quantitative estimate of drug-likeness (QED) is 0.412. The zero-order valence-corrected chi connectivity index (χ0v) is 17.7. The summed E-state index contributed by atoms with van der Waals surface area (Å²) in [4.78, 5) is 0. The van der Waals surface area contributed by atoms with E-state index in [4.69, 9.17) is 0 Å². The third-order valence-corrected chi connectivity index (χ3v) is 13.7. The van der Waals surface area contributed by atoms with E-state index in [0.29, 0.717) is 0 Å². The summed E-state index contributed by atoms with van der Waals surface area (Å²) in [6.07, 6.45) is 0. The maximum absolute atomic E-state index is 2.29. The van der Waals surface area contributed by atoms with E-state index >= 15 is 0 Å². The molecule has 0 atom stereocenters. The Balaban J connectivity index is 0.000000429. The van der Waals surface area contributed by atoms with Crippen LogP contribution in [0.15, 0.2) is 91.0 Å². The van der Waals surface area contributed by atoms with Crippen molar-refractivity contribution in [2.45, 2.75) is 0 Å². The molecule has 4 rings (SSSR count). The first kappa shape index (κ1) is 16.4. The maximum atomic E-state index is 2.29. The van der Waals surface area contributed by atoms with Crippen molar-refractivity contribution in [1.29, 1.82) is 0 Å². The molecule has 107 valence electrons. The van der Waals surface area contributed by atoms with Crippen molar-refractivity contribution in [2.24, 2.45) is 0 Å². The van der Waals surface area contributed by atoms with E-state index in [1.165, 1.54) is 18.7 Å². The summed E-state index contributed by atoms with van der Waals surface area (Å²) in [6.45, 7) is 0. The molecule has 3 aromatic rings. The average molecular weight is 444 g/mol. The van der Waals surface area contributed by atoms with Crippen molar-refractivity contribution >= 4 is 53.6 Å². The van der Waals surface area contributed by atoms with Gasteiger partial charge in [0.25, 0.3) is 0 Å². The van der Waals surface area contributed by atoms with Crippen LogP contribution in [0, 0.1) is 0 Å². The second-order valence-electron chi connectivity index (χ2n) is 4.77. The van der Waals surface area contributed by atoms with Crippen molar-refractivity contribution in [3.8, 4) is 0 Å². The fourth-order valence-corrected chi connectivity index (χ4v) is 9.67. The number of rotatable bonds is 3. The van der Waals surface area contributed by atoms with E-state index in [1.807, 2.05) is 0 Å². The zero-order valence-electron chi connectivity index (χ0n) is 12.1. The Bertz CT molecular complexity index is 617. The third kappa shape index (κ3) is 5.00. The van der Waals surface area contributed by atoms with Gasteiger partial charge in [0.1, 0.15) is 0 Å². The normalized spacial score (nSPS) is 14.2. The molecular formula is C18H16P3Sn. The molecule has 0 N–H and O–H groups in total. The second-order valence-corrected chi connectivity index (χ2v) is 19.7. The monoisotopic (exact) mass is 445 g/mol. The molecule has 1 aliphatic rings. The molecule has 0 spiro atoms. The summed E-state index contributed by atoms with van der Waals surface area (Å²) >= 11 is -1.98. The molecule has 22 heavy (non-hydrogen) atoms. The van der Waals surface area contributed by atoms with Gasteiger partial charge < -0.3 is 0 Å². The van der Waals surface area contributed by atoms with Gasteiger partial charge in [-0.2, -0.15) is 0 Å². The Kier molecular flexibility index (Phi) is 6.65. The van der Waals surface area contributed by atoms with Crippen LogP contribution in [-0.2, 0) is 0 Å². The molecule has 0 unspecified atom stereocenters. The number of hydrogen-bond donors (Lipinski definition) is 0. The Hall–Kier alpha value is -0.511. The van der Waals surface area contributed by atoms with Crippen molar-refractivity contribution < 1.29 is 0 Å². The van der Waals surface area contributed by atoms with Gasteiger partial charge in [0.2, 0.25) is 0 Å².